The minimum absolute atomic E-state index is 0.185. The fourth-order valence-corrected chi connectivity index (χ4v) is 2.05. The van der Waals surface area contributed by atoms with E-state index in [2.05, 4.69) is 0 Å². The first-order valence-corrected chi connectivity index (χ1v) is 6.26. The van der Waals surface area contributed by atoms with Crippen molar-refractivity contribution < 1.29 is 9.47 Å². The average molecular weight is 251 g/mol. The molecule has 1 saturated heterocycles. The van der Waals surface area contributed by atoms with Crippen LogP contribution >= 0.6 is 12.2 Å². The van der Waals surface area contributed by atoms with E-state index in [1.165, 1.54) is 0 Å². The van der Waals surface area contributed by atoms with Crippen molar-refractivity contribution >= 4 is 17.2 Å². The van der Waals surface area contributed by atoms with Crippen LogP contribution in [0.4, 0.5) is 0 Å². The first-order chi connectivity index (χ1) is 8.24. The summed E-state index contributed by atoms with van der Waals surface area (Å²) in [5, 5.41) is 0. The quantitative estimate of drug-likeness (QED) is 0.832. The van der Waals surface area contributed by atoms with E-state index >= 15 is 0 Å². The Bertz CT molecular complexity index is 372. The van der Waals surface area contributed by atoms with Crippen LogP contribution in [0.15, 0.2) is 24.3 Å². The zero-order valence-electron chi connectivity index (χ0n) is 9.72. The van der Waals surface area contributed by atoms with Crippen molar-refractivity contribution in [3.05, 3.63) is 29.8 Å². The molecule has 92 valence electrons. The van der Waals surface area contributed by atoms with Gasteiger partial charge in [-0.25, -0.2) is 0 Å². The summed E-state index contributed by atoms with van der Waals surface area (Å²) < 4.78 is 11.2. The smallest absolute Gasteiger partial charge is 0.122 e. The lowest BCUT2D eigenvalue weighted by molar-refractivity contribution is 0.00743. The number of thiocarbonyl (C=S) groups is 1. The SMILES string of the molecule is NC(=S)Cc1ccc(OC2CCCOC2)cc1. The maximum Gasteiger partial charge on any atom is 0.122 e. The van der Waals surface area contributed by atoms with Crippen LogP contribution in [-0.4, -0.2) is 24.3 Å². The Hall–Kier alpha value is -1.13. The van der Waals surface area contributed by atoms with Gasteiger partial charge in [-0.1, -0.05) is 24.4 Å². The Morgan fingerprint density at radius 3 is 2.76 bits per heavy atom. The van der Waals surface area contributed by atoms with Gasteiger partial charge < -0.3 is 15.2 Å². The molecule has 0 aliphatic carbocycles. The number of hydrogen-bond acceptors (Lipinski definition) is 3. The van der Waals surface area contributed by atoms with Crippen molar-refractivity contribution in [3.63, 3.8) is 0 Å². The molecular formula is C13H17NO2S. The van der Waals surface area contributed by atoms with Gasteiger partial charge in [-0.05, 0) is 30.5 Å². The molecule has 3 nitrogen and oxygen atoms in total. The largest absolute Gasteiger partial charge is 0.488 e. The molecule has 17 heavy (non-hydrogen) atoms. The van der Waals surface area contributed by atoms with Gasteiger partial charge in [-0.2, -0.15) is 0 Å². The van der Waals surface area contributed by atoms with E-state index < -0.39 is 0 Å². The summed E-state index contributed by atoms with van der Waals surface area (Å²) in [4.78, 5) is 0.513. The molecule has 4 heteroatoms. The Balaban J connectivity index is 1.90. The van der Waals surface area contributed by atoms with Crippen LogP contribution in [-0.2, 0) is 11.2 Å². The first-order valence-electron chi connectivity index (χ1n) is 5.85. The van der Waals surface area contributed by atoms with E-state index in [4.69, 9.17) is 27.4 Å². The highest BCUT2D eigenvalue weighted by molar-refractivity contribution is 7.80. The van der Waals surface area contributed by atoms with Crippen LogP contribution < -0.4 is 10.5 Å². The molecule has 1 aliphatic rings. The molecule has 1 fully saturated rings. The van der Waals surface area contributed by atoms with Crippen molar-refractivity contribution in [2.24, 2.45) is 5.73 Å². The normalized spacial score (nSPS) is 19.9. The van der Waals surface area contributed by atoms with Gasteiger partial charge in [0.05, 0.1) is 11.6 Å². The number of benzene rings is 1. The molecule has 0 spiro atoms. The van der Waals surface area contributed by atoms with Crippen LogP contribution in [0.5, 0.6) is 5.75 Å². The van der Waals surface area contributed by atoms with E-state index in [-0.39, 0.29) is 6.10 Å². The zero-order chi connectivity index (χ0) is 12.1. The standard InChI is InChI=1S/C13H17NO2S/c14-13(17)8-10-3-5-11(6-4-10)16-12-2-1-7-15-9-12/h3-6,12H,1-2,7-9H2,(H2,14,17). The van der Waals surface area contributed by atoms with Gasteiger partial charge in [0.2, 0.25) is 0 Å². The van der Waals surface area contributed by atoms with E-state index in [1.54, 1.807) is 0 Å². The predicted octanol–water partition coefficient (Wildman–Crippen LogP) is 2.07. The van der Waals surface area contributed by atoms with E-state index in [0.29, 0.717) is 18.0 Å². The van der Waals surface area contributed by atoms with Crippen molar-refractivity contribution in [2.75, 3.05) is 13.2 Å². The third-order valence-electron chi connectivity index (χ3n) is 2.72. The van der Waals surface area contributed by atoms with Gasteiger partial charge in [0.25, 0.3) is 0 Å². The number of ether oxygens (including phenoxy) is 2. The summed E-state index contributed by atoms with van der Waals surface area (Å²) in [7, 11) is 0. The molecule has 0 amide bonds. The molecule has 1 atom stereocenters. The summed E-state index contributed by atoms with van der Waals surface area (Å²) in [6.07, 6.45) is 2.96. The van der Waals surface area contributed by atoms with Gasteiger partial charge in [-0.3, -0.25) is 0 Å². The van der Waals surface area contributed by atoms with Gasteiger partial charge in [-0.15, -0.1) is 0 Å². The van der Waals surface area contributed by atoms with E-state index in [9.17, 15) is 0 Å². The lowest BCUT2D eigenvalue weighted by atomic mass is 10.1. The monoisotopic (exact) mass is 251 g/mol. The third-order valence-corrected chi connectivity index (χ3v) is 2.87. The molecule has 1 aromatic carbocycles. The lowest BCUT2D eigenvalue weighted by Gasteiger charge is -2.23. The van der Waals surface area contributed by atoms with Gasteiger partial charge in [0.1, 0.15) is 11.9 Å². The average Bonchev–Trinajstić information content (AvgIpc) is 2.32. The molecule has 2 rings (SSSR count). The molecule has 2 N–H and O–H groups in total. The molecule has 1 unspecified atom stereocenters. The van der Waals surface area contributed by atoms with Gasteiger partial charge >= 0.3 is 0 Å². The number of nitrogens with two attached hydrogens (primary N) is 1. The maximum atomic E-state index is 5.83. The van der Waals surface area contributed by atoms with Crippen molar-refractivity contribution in [2.45, 2.75) is 25.4 Å². The van der Waals surface area contributed by atoms with Gasteiger partial charge in [0, 0.05) is 13.0 Å². The van der Waals surface area contributed by atoms with Crippen molar-refractivity contribution in [1.82, 2.24) is 0 Å². The number of rotatable bonds is 4. The second-order valence-corrected chi connectivity index (χ2v) is 4.77. The summed E-state index contributed by atoms with van der Waals surface area (Å²) in [5.74, 6) is 0.882. The molecule has 0 radical (unpaired) electrons. The summed E-state index contributed by atoms with van der Waals surface area (Å²) in [6.45, 7) is 1.54. The second-order valence-electron chi connectivity index (χ2n) is 4.24. The summed E-state index contributed by atoms with van der Waals surface area (Å²) in [5.41, 5.74) is 6.61. The second kappa shape index (κ2) is 5.98. The minimum Gasteiger partial charge on any atom is -0.488 e. The fraction of sp³-hybridized carbons (Fsp3) is 0.462. The topological polar surface area (TPSA) is 44.5 Å². The highest BCUT2D eigenvalue weighted by Gasteiger charge is 2.15. The zero-order valence-corrected chi connectivity index (χ0v) is 10.5. The molecule has 1 heterocycles. The lowest BCUT2D eigenvalue weighted by Crippen LogP contribution is -2.27. The first kappa shape index (κ1) is 12.3. The fourth-order valence-electron chi connectivity index (χ4n) is 1.88. The third kappa shape index (κ3) is 3.98. The van der Waals surface area contributed by atoms with E-state index in [1.807, 2.05) is 24.3 Å². The molecule has 1 aromatic rings. The number of hydrogen-bond donors (Lipinski definition) is 1. The summed E-state index contributed by atoms with van der Waals surface area (Å²) in [6, 6.07) is 7.92. The van der Waals surface area contributed by atoms with Crippen LogP contribution in [0.1, 0.15) is 18.4 Å². The molecular weight excluding hydrogens is 234 g/mol. The summed E-state index contributed by atoms with van der Waals surface area (Å²) >= 11 is 4.87. The Kier molecular flexibility index (Phi) is 4.34. The Labute approximate surface area is 107 Å². The van der Waals surface area contributed by atoms with E-state index in [0.717, 1.165) is 30.8 Å². The van der Waals surface area contributed by atoms with Crippen LogP contribution in [0.2, 0.25) is 0 Å². The van der Waals surface area contributed by atoms with Crippen LogP contribution in [0.25, 0.3) is 0 Å². The molecule has 0 aromatic heterocycles. The predicted molar refractivity (Wildman–Crippen MR) is 71.4 cm³/mol. The molecule has 1 aliphatic heterocycles. The molecule has 0 saturated carbocycles. The van der Waals surface area contributed by atoms with Gasteiger partial charge in [0.15, 0.2) is 0 Å². The van der Waals surface area contributed by atoms with Crippen molar-refractivity contribution in [3.8, 4) is 5.75 Å². The highest BCUT2D eigenvalue weighted by atomic mass is 32.1. The Morgan fingerprint density at radius 1 is 1.41 bits per heavy atom. The molecule has 0 bridgehead atoms. The Morgan fingerprint density at radius 2 is 2.18 bits per heavy atom. The van der Waals surface area contributed by atoms with Crippen LogP contribution in [0.3, 0.4) is 0 Å². The maximum absolute atomic E-state index is 5.83. The van der Waals surface area contributed by atoms with Crippen LogP contribution in [0, 0.1) is 0 Å². The van der Waals surface area contributed by atoms with Crippen molar-refractivity contribution in [1.29, 1.82) is 0 Å². The highest BCUT2D eigenvalue weighted by Crippen LogP contribution is 2.18. The minimum atomic E-state index is 0.185.